The summed E-state index contributed by atoms with van der Waals surface area (Å²) in [6.07, 6.45) is 0.763. The summed E-state index contributed by atoms with van der Waals surface area (Å²) in [7, 11) is -1.91. The number of hydrogen-bond donors (Lipinski definition) is 1. The Bertz CT molecular complexity index is 588. The Labute approximate surface area is 133 Å². The van der Waals surface area contributed by atoms with E-state index in [0.717, 1.165) is 24.1 Å². The van der Waals surface area contributed by atoms with Crippen molar-refractivity contribution in [3.8, 4) is 0 Å². The van der Waals surface area contributed by atoms with E-state index >= 15 is 0 Å². The summed E-state index contributed by atoms with van der Waals surface area (Å²) >= 11 is 6.11. The minimum Gasteiger partial charge on any atom is -0.313 e. The van der Waals surface area contributed by atoms with Crippen molar-refractivity contribution in [2.45, 2.75) is 51.6 Å². The number of benzene rings is 1. The molecule has 4 nitrogen and oxygen atoms in total. The fourth-order valence-corrected chi connectivity index (χ4v) is 4.10. The minimum absolute atomic E-state index is 0.0504. The highest BCUT2D eigenvalue weighted by Gasteiger charge is 2.27. The summed E-state index contributed by atoms with van der Waals surface area (Å²) in [4.78, 5) is 0.297. The molecule has 0 aliphatic heterocycles. The van der Waals surface area contributed by atoms with Crippen molar-refractivity contribution in [1.29, 1.82) is 0 Å². The topological polar surface area (TPSA) is 49.4 Å². The maximum absolute atomic E-state index is 12.8. The second-order valence-corrected chi connectivity index (χ2v) is 7.65. The lowest BCUT2D eigenvalue weighted by Crippen LogP contribution is -2.35. The Balaban J connectivity index is 3.32. The van der Waals surface area contributed by atoms with Gasteiger partial charge < -0.3 is 5.32 Å². The zero-order chi connectivity index (χ0) is 16.2. The van der Waals surface area contributed by atoms with Gasteiger partial charge in [0, 0.05) is 24.7 Å². The number of nitrogens with zero attached hydrogens (tertiary/aromatic N) is 1. The molecule has 1 rings (SSSR count). The molecule has 0 aromatic heterocycles. The Hall–Kier alpha value is -0.620. The molecule has 1 aromatic carbocycles. The minimum atomic E-state index is -3.53. The number of sulfonamides is 1. The van der Waals surface area contributed by atoms with Crippen LogP contribution in [0.2, 0.25) is 5.02 Å². The molecule has 0 spiro atoms. The quantitative estimate of drug-likeness (QED) is 0.834. The van der Waals surface area contributed by atoms with Gasteiger partial charge in [0.1, 0.15) is 0 Å². The highest BCUT2D eigenvalue weighted by atomic mass is 35.5. The van der Waals surface area contributed by atoms with E-state index in [2.05, 4.69) is 5.32 Å². The first-order chi connectivity index (χ1) is 9.75. The van der Waals surface area contributed by atoms with Gasteiger partial charge in [0.15, 0.2) is 0 Å². The summed E-state index contributed by atoms with van der Waals surface area (Å²) in [6.45, 7) is 9.14. The predicted molar refractivity (Wildman–Crippen MR) is 88.3 cm³/mol. The van der Waals surface area contributed by atoms with Gasteiger partial charge >= 0.3 is 0 Å². The second-order valence-electron chi connectivity index (χ2n) is 5.25. The van der Waals surface area contributed by atoms with E-state index in [4.69, 9.17) is 11.6 Å². The molecule has 0 aliphatic carbocycles. The SMILES string of the molecule is CCNCc1cc(Cl)cc(S(=O)(=O)N(C)C(C)CC)c1C. The van der Waals surface area contributed by atoms with E-state index in [-0.39, 0.29) is 6.04 Å². The van der Waals surface area contributed by atoms with Crippen LogP contribution in [0.25, 0.3) is 0 Å². The van der Waals surface area contributed by atoms with Crippen LogP contribution in [-0.4, -0.2) is 32.4 Å². The highest BCUT2D eigenvalue weighted by molar-refractivity contribution is 7.89. The monoisotopic (exact) mass is 332 g/mol. The summed E-state index contributed by atoms with van der Waals surface area (Å²) in [5.74, 6) is 0. The molecule has 0 bridgehead atoms. The summed E-state index contributed by atoms with van der Waals surface area (Å²) in [5, 5.41) is 3.66. The van der Waals surface area contributed by atoms with Gasteiger partial charge in [-0.15, -0.1) is 0 Å². The zero-order valence-electron chi connectivity index (χ0n) is 13.4. The second kappa shape index (κ2) is 7.58. The third kappa shape index (κ3) is 4.19. The van der Waals surface area contributed by atoms with Gasteiger partial charge in [0.05, 0.1) is 4.90 Å². The molecule has 0 fully saturated rings. The predicted octanol–water partition coefficient (Wildman–Crippen LogP) is 3.18. The molecule has 0 aliphatic rings. The first-order valence-electron chi connectivity index (χ1n) is 7.23. The standard InChI is InChI=1S/C15H25ClN2O2S/c1-6-11(3)18(5)21(19,20)15-9-14(16)8-13(12(15)4)10-17-7-2/h8-9,11,17H,6-7,10H2,1-5H3. The molecule has 0 radical (unpaired) electrons. The molecule has 120 valence electrons. The van der Waals surface area contributed by atoms with Crippen molar-refractivity contribution in [2.75, 3.05) is 13.6 Å². The fourth-order valence-electron chi connectivity index (χ4n) is 2.07. The van der Waals surface area contributed by atoms with Gasteiger partial charge in [-0.25, -0.2) is 8.42 Å². The zero-order valence-corrected chi connectivity index (χ0v) is 15.0. The smallest absolute Gasteiger partial charge is 0.243 e. The summed E-state index contributed by atoms with van der Waals surface area (Å²) in [5.41, 5.74) is 1.68. The van der Waals surface area contributed by atoms with Crippen LogP contribution >= 0.6 is 11.6 Å². The van der Waals surface area contributed by atoms with Gasteiger partial charge in [-0.2, -0.15) is 4.31 Å². The van der Waals surface area contributed by atoms with Crippen molar-refractivity contribution < 1.29 is 8.42 Å². The van der Waals surface area contributed by atoms with Gasteiger partial charge in [0.2, 0.25) is 10.0 Å². The Morgan fingerprint density at radius 3 is 2.48 bits per heavy atom. The molecular formula is C15H25ClN2O2S. The van der Waals surface area contributed by atoms with E-state index in [0.29, 0.717) is 16.5 Å². The van der Waals surface area contributed by atoms with Gasteiger partial charge in [-0.3, -0.25) is 0 Å². The average molecular weight is 333 g/mol. The molecule has 0 amide bonds. The maximum Gasteiger partial charge on any atom is 0.243 e. The molecule has 0 saturated heterocycles. The normalized spacial score (nSPS) is 13.7. The third-order valence-electron chi connectivity index (χ3n) is 3.87. The van der Waals surface area contributed by atoms with Crippen molar-refractivity contribution in [3.05, 3.63) is 28.3 Å². The van der Waals surface area contributed by atoms with Gasteiger partial charge in [-0.1, -0.05) is 25.4 Å². The lowest BCUT2D eigenvalue weighted by Gasteiger charge is -2.25. The average Bonchev–Trinajstić information content (AvgIpc) is 2.45. The van der Waals surface area contributed by atoms with E-state index in [1.807, 2.05) is 33.8 Å². The molecule has 0 heterocycles. The molecular weight excluding hydrogens is 308 g/mol. The number of nitrogens with one attached hydrogen (secondary N) is 1. The molecule has 0 saturated carbocycles. The number of halogens is 1. The lowest BCUT2D eigenvalue weighted by atomic mass is 10.1. The molecule has 1 atom stereocenters. The number of rotatable bonds is 7. The summed E-state index contributed by atoms with van der Waals surface area (Å²) in [6, 6.07) is 3.31. The maximum atomic E-state index is 12.8. The molecule has 6 heteroatoms. The highest BCUT2D eigenvalue weighted by Crippen LogP contribution is 2.27. The van der Waals surface area contributed by atoms with Crippen LogP contribution in [0.4, 0.5) is 0 Å². The molecule has 1 unspecified atom stereocenters. The van der Waals surface area contributed by atoms with Crippen LogP contribution in [0.5, 0.6) is 0 Å². The van der Waals surface area contributed by atoms with Crippen LogP contribution in [-0.2, 0) is 16.6 Å². The van der Waals surface area contributed by atoms with Crippen molar-refractivity contribution in [3.63, 3.8) is 0 Å². The Kier molecular flexibility index (Phi) is 6.66. The van der Waals surface area contributed by atoms with E-state index < -0.39 is 10.0 Å². The first-order valence-corrected chi connectivity index (χ1v) is 9.05. The Morgan fingerprint density at radius 2 is 1.95 bits per heavy atom. The van der Waals surface area contributed by atoms with Crippen molar-refractivity contribution >= 4 is 21.6 Å². The van der Waals surface area contributed by atoms with Crippen LogP contribution in [0.1, 0.15) is 38.3 Å². The molecule has 1 aromatic rings. The van der Waals surface area contributed by atoms with Gasteiger partial charge in [0.25, 0.3) is 0 Å². The van der Waals surface area contributed by atoms with Crippen LogP contribution in [0.3, 0.4) is 0 Å². The van der Waals surface area contributed by atoms with Crippen LogP contribution in [0.15, 0.2) is 17.0 Å². The number of hydrogen-bond acceptors (Lipinski definition) is 3. The van der Waals surface area contributed by atoms with Crippen LogP contribution < -0.4 is 5.32 Å². The Morgan fingerprint density at radius 1 is 1.33 bits per heavy atom. The van der Waals surface area contributed by atoms with E-state index in [9.17, 15) is 8.42 Å². The van der Waals surface area contributed by atoms with Gasteiger partial charge in [-0.05, 0) is 50.1 Å². The molecule has 21 heavy (non-hydrogen) atoms. The lowest BCUT2D eigenvalue weighted by molar-refractivity contribution is 0.380. The van der Waals surface area contributed by atoms with E-state index in [1.165, 1.54) is 4.31 Å². The van der Waals surface area contributed by atoms with Crippen LogP contribution in [0, 0.1) is 6.92 Å². The van der Waals surface area contributed by atoms with E-state index in [1.54, 1.807) is 13.1 Å². The first kappa shape index (κ1) is 18.4. The van der Waals surface area contributed by atoms with Crippen molar-refractivity contribution in [1.82, 2.24) is 9.62 Å². The molecule has 1 N–H and O–H groups in total. The largest absolute Gasteiger partial charge is 0.313 e. The third-order valence-corrected chi connectivity index (χ3v) is 6.18. The van der Waals surface area contributed by atoms with Crippen molar-refractivity contribution in [2.24, 2.45) is 0 Å². The fraction of sp³-hybridized carbons (Fsp3) is 0.600. The summed E-state index contributed by atoms with van der Waals surface area (Å²) < 4.78 is 27.0.